The van der Waals surface area contributed by atoms with Crippen LogP contribution in [-0.4, -0.2) is 60.6 Å². The number of phenols is 1. The molecule has 1 saturated heterocycles. The van der Waals surface area contributed by atoms with E-state index in [2.05, 4.69) is 17.1 Å². The van der Waals surface area contributed by atoms with E-state index in [0.29, 0.717) is 6.04 Å². The first-order valence-corrected chi connectivity index (χ1v) is 6.96. The van der Waals surface area contributed by atoms with E-state index in [9.17, 15) is 9.90 Å². The highest BCUT2D eigenvalue weighted by Crippen LogP contribution is 2.26. The van der Waals surface area contributed by atoms with Crippen LogP contribution in [0.3, 0.4) is 0 Å². The summed E-state index contributed by atoms with van der Waals surface area (Å²) >= 11 is 0. The van der Waals surface area contributed by atoms with Crippen molar-refractivity contribution < 1.29 is 9.90 Å². The highest BCUT2D eigenvalue weighted by Gasteiger charge is 2.31. The van der Waals surface area contributed by atoms with Crippen molar-refractivity contribution in [3.05, 3.63) is 29.8 Å². The van der Waals surface area contributed by atoms with Crippen LogP contribution >= 0.6 is 0 Å². The molecule has 110 valence electrons. The van der Waals surface area contributed by atoms with E-state index in [-0.39, 0.29) is 17.7 Å². The number of piperazine rings is 1. The molecule has 2 atom stereocenters. The minimum atomic E-state index is -0.332. The summed E-state index contributed by atoms with van der Waals surface area (Å²) in [5.41, 5.74) is 0.845. The molecule has 0 spiro atoms. The molecule has 5 nitrogen and oxygen atoms in total. The molecule has 5 heteroatoms. The van der Waals surface area contributed by atoms with Crippen LogP contribution in [0.4, 0.5) is 0 Å². The molecular formula is C15H23N3O2. The topological polar surface area (TPSA) is 55.8 Å². The Morgan fingerprint density at radius 3 is 2.85 bits per heavy atom. The molecule has 1 aromatic carbocycles. The fourth-order valence-electron chi connectivity index (χ4n) is 2.65. The maximum atomic E-state index is 12.5. The zero-order chi connectivity index (χ0) is 14.7. The van der Waals surface area contributed by atoms with Gasteiger partial charge in [0, 0.05) is 39.8 Å². The van der Waals surface area contributed by atoms with Gasteiger partial charge in [0.2, 0.25) is 5.91 Å². The summed E-state index contributed by atoms with van der Waals surface area (Å²) in [6.45, 7) is 4.63. The Morgan fingerprint density at radius 2 is 2.25 bits per heavy atom. The third-order valence-corrected chi connectivity index (χ3v) is 3.63. The van der Waals surface area contributed by atoms with E-state index in [1.807, 2.05) is 6.07 Å². The van der Waals surface area contributed by atoms with E-state index in [1.165, 1.54) is 0 Å². The minimum absolute atomic E-state index is 0.0460. The van der Waals surface area contributed by atoms with Gasteiger partial charge in [0.25, 0.3) is 0 Å². The fourth-order valence-corrected chi connectivity index (χ4v) is 2.65. The number of amides is 1. The second-order valence-corrected chi connectivity index (χ2v) is 5.58. The van der Waals surface area contributed by atoms with E-state index in [0.717, 1.165) is 25.2 Å². The molecule has 0 radical (unpaired) electrons. The van der Waals surface area contributed by atoms with Crippen LogP contribution in [0.2, 0.25) is 0 Å². The number of rotatable bonds is 3. The predicted molar refractivity (Wildman–Crippen MR) is 78.6 cm³/mol. The Kier molecular flexibility index (Phi) is 4.62. The van der Waals surface area contributed by atoms with Gasteiger partial charge in [-0.3, -0.25) is 9.69 Å². The molecule has 0 saturated carbocycles. The fraction of sp³-hybridized carbons (Fsp3) is 0.533. The highest BCUT2D eigenvalue weighted by atomic mass is 16.3. The van der Waals surface area contributed by atoms with Crippen LogP contribution in [0, 0.1) is 0 Å². The zero-order valence-electron chi connectivity index (χ0n) is 12.3. The first-order valence-electron chi connectivity index (χ1n) is 6.96. The number of aromatic hydroxyl groups is 1. The van der Waals surface area contributed by atoms with E-state index >= 15 is 0 Å². The molecular weight excluding hydrogens is 254 g/mol. The van der Waals surface area contributed by atoms with E-state index < -0.39 is 0 Å². The number of hydrogen-bond acceptors (Lipinski definition) is 4. The van der Waals surface area contributed by atoms with Crippen molar-refractivity contribution in [2.75, 3.05) is 33.7 Å². The molecule has 0 aliphatic carbocycles. The summed E-state index contributed by atoms with van der Waals surface area (Å²) in [7, 11) is 3.54. The quantitative estimate of drug-likeness (QED) is 0.859. The maximum absolute atomic E-state index is 12.5. The van der Waals surface area contributed by atoms with Crippen molar-refractivity contribution in [1.82, 2.24) is 15.1 Å². The lowest BCUT2D eigenvalue weighted by molar-refractivity contribution is -0.135. The Labute approximate surface area is 120 Å². The van der Waals surface area contributed by atoms with Crippen molar-refractivity contribution in [3.8, 4) is 5.75 Å². The Hall–Kier alpha value is -1.59. The van der Waals surface area contributed by atoms with E-state index in [4.69, 9.17) is 0 Å². The molecule has 2 N–H and O–H groups in total. The van der Waals surface area contributed by atoms with Crippen LogP contribution < -0.4 is 5.32 Å². The third kappa shape index (κ3) is 3.29. The average molecular weight is 277 g/mol. The van der Waals surface area contributed by atoms with E-state index in [1.54, 1.807) is 37.2 Å². The number of hydrogen-bond donors (Lipinski definition) is 2. The summed E-state index contributed by atoms with van der Waals surface area (Å²) < 4.78 is 0. The number of phenolic OH excluding ortho intramolecular Hbond substituents is 1. The summed E-state index contributed by atoms with van der Waals surface area (Å²) in [6.07, 6.45) is 0. The highest BCUT2D eigenvalue weighted by molar-refractivity contribution is 5.83. The molecule has 1 amide bonds. The van der Waals surface area contributed by atoms with Crippen LogP contribution in [-0.2, 0) is 4.79 Å². The lowest BCUT2D eigenvalue weighted by atomic mass is 10.0. The predicted octanol–water partition coefficient (Wildman–Crippen LogP) is 0.815. The number of likely N-dealkylation sites (N-methyl/N-ethyl adjacent to an activating group) is 1. The van der Waals surface area contributed by atoms with Gasteiger partial charge in [-0.15, -0.1) is 0 Å². The van der Waals surface area contributed by atoms with Crippen LogP contribution in [0.1, 0.15) is 18.5 Å². The Bertz CT molecular complexity index is 476. The molecule has 1 aromatic rings. The Morgan fingerprint density at radius 1 is 1.50 bits per heavy atom. The number of carbonyl (C=O) groups excluding carboxylic acids is 1. The molecule has 1 heterocycles. The van der Waals surface area contributed by atoms with Crippen molar-refractivity contribution in [1.29, 1.82) is 0 Å². The van der Waals surface area contributed by atoms with Gasteiger partial charge in [-0.25, -0.2) is 0 Å². The van der Waals surface area contributed by atoms with Gasteiger partial charge < -0.3 is 15.3 Å². The van der Waals surface area contributed by atoms with Crippen molar-refractivity contribution in [3.63, 3.8) is 0 Å². The second-order valence-electron chi connectivity index (χ2n) is 5.58. The molecule has 1 aliphatic heterocycles. The maximum Gasteiger partial charge on any atom is 0.244 e. The SMILES string of the molecule is CC1CN(C(C(=O)N(C)C)c2cccc(O)c2)CCN1. The molecule has 0 aromatic heterocycles. The Balaban J connectivity index is 2.31. The second kappa shape index (κ2) is 6.24. The summed E-state index contributed by atoms with van der Waals surface area (Å²) in [5.74, 6) is 0.243. The van der Waals surface area contributed by atoms with Crippen LogP contribution in [0.15, 0.2) is 24.3 Å². The van der Waals surface area contributed by atoms with Gasteiger partial charge >= 0.3 is 0 Å². The first-order chi connectivity index (χ1) is 9.49. The minimum Gasteiger partial charge on any atom is -0.508 e. The smallest absolute Gasteiger partial charge is 0.244 e. The normalized spacial score (nSPS) is 21.4. The number of nitrogens with one attached hydrogen (secondary N) is 1. The summed E-state index contributed by atoms with van der Waals surface area (Å²) in [6, 6.07) is 7.02. The number of nitrogens with zero attached hydrogens (tertiary/aromatic N) is 2. The third-order valence-electron chi connectivity index (χ3n) is 3.63. The molecule has 2 unspecified atom stereocenters. The lowest BCUT2D eigenvalue weighted by Crippen LogP contribution is -2.53. The number of carbonyl (C=O) groups is 1. The van der Waals surface area contributed by atoms with Gasteiger partial charge in [-0.1, -0.05) is 12.1 Å². The standard InChI is InChI=1S/C15H23N3O2/c1-11-10-18(8-7-16-11)14(15(20)17(2)3)12-5-4-6-13(19)9-12/h4-6,9,11,14,16,19H,7-8,10H2,1-3H3. The number of benzene rings is 1. The monoisotopic (exact) mass is 277 g/mol. The van der Waals surface area contributed by atoms with Gasteiger partial charge in [-0.05, 0) is 24.6 Å². The molecule has 1 aliphatic rings. The largest absolute Gasteiger partial charge is 0.508 e. The lowest BCUT2D eigenvalue weighted by Gasteiger charge is -2.38. The van der Waals surface area contributed by atoms with Crippen molar-refractivity contribution in [2.24, 2.45) is 0 Å². The van der Waals surface area contributed by atoms with Gasteiger partial charge in [0.15, 0.2) is 0 Å². The van der Waals surface area contributed by atoms with Gasteiger partial charge in [0.05, 0.1) is 0 Å². The molecule has 0 bridgehead atoms. The molecule has 2 rings (SSSR count). The first kappa shape index (κ1) is 14.8. The van der Waals surface area contributed by atoms with Crippen molar-refractivity contribution in [2.45, 2.75) is 19.0 Å². The van der Waals surface area contributed by atoms with Gasteiger partial charge in [-0.2, -0.15) is 0 Å². The summed E-state index contributed by atoms with van der Waals surface area (Å²) in [5, 5.41) is 13.1. The average Bonchev–Trinajstić information content (AvgIpc) is 2.39. The van der Waals surface area contributed by atoms with Gasteiger partial charge in [0.1, 0.15) is 11.8 Å². The molecule has 20 heavy (non-hydrogen) atoms. The zero-order valence-corrected chi connectivity index (χ0v) is 12.3. The van der Waals surface area contributed by atoms with Crippen LogP contribution in [0.25, 0.3) is 0 Å². The molecule has 1 fully saturated rings. The van der Waals surface area contributed by atoms with Crippen LogP contribution in [0.5, 0.6) is 5.75 Å². The summed E-state index contributed by atoms with van der Waals surface area (Å²) in [4.78, 5) is 16.3. The van der Waals surface area contributed by atoms with Crippen molar-refractivity contribution >= 4 is 5.91 Å².